The lowest BCUT2D eigenvalue weighted by Crippen LogP contribution is -2.23. The lowest BCUT2D eigenvalue weighted by atomic mass is 10.1. The van der Waals surface area contributed by atoms with E-state index in [1.54, 1.807) is 55.5 Å². The highest BCUT2D eigenvalue weighted by molar-refractivity contribution is 8.00. The standard InChI is InChI=1S/C19H18ClN5O2S/c1-11(26)13-5-9-16(10-6-13)22-18(27)12(2)28-19-24-23-17(25(19)21)14-3-7-15(20)8-4-14/h3-10,12H,21H2,1-2H3,(H,22,27)/t12-/m1/s1. The number of amides is 1. The van der Waals surface area contributed by atoms with Crippen LogP contribution in [0.15, 0.2) is 53.7 Å². The van der Waals surface area contributed by atoms with Crippen molar-refractivity contribution in [2.45, 2.75) is 24.3 Å². The third-order valence-electron chi connectivity index (χ3n) is 3.98. The smallest absolute Gasteiger partial charge is 0.237 e. The summed E-state index contributed by atoms with van der Waals surface area (Å²) < 4.78 is 1.35. The van der Waals surface area contributed by atoms with Crippen LogP contribution < -0.4 is 11.2 Å². The molecule has 7 nitrogen and oxygen atoms in total. The van der Waals surface area contributed by atoms with E-state index in [1.165, 1.54) is 23.4 Å². The van der Waals surface area contributed by atoms with Gasteiger partial charge in [0.15, 0.2) is 11.6 Å². The van der Waals surface area contributed by atoms with Gasteiger partial charge in [-0.05, 0) is 62.4 Å². The SMILES string of the molecule is CC(=O)c1ccc(NC(=O)[C@@H](C)Sc2nnc(-c3ccc(Cl)cc3)n2N)cc1. The summed E-state index contributed by atoms with van der Waals surface area (Å²) in [6.45, 7) is 3.24. The predicted molar refractivity (Wildman–Crippen MR) is 111 cm³/mol. The van der Waals surface area contributed by atoms with Gasteiger partial charge in [0.2, 0.25) is 11.1 Å². The number of nitrogens with two attached hydrogens (primary N) is 1. The number of carbonyl (C=O) groups is 2. The summed E-state index contributed by atoms with van der Waals surface area (Å²) in [5.41, 5.74) is 1.97. The van der Waals surface area contributed by atoms with Crippen molar-refractivity contribution in [1.29, 1.82) is 0 Å². The van der Waals surface area contributed by atoms with E-state index >= 15 is 0 Å². The molecule has 0 aliphatic rings. The fraction of sp³-hybridized carbons (Fsp3) is 0.158. The molecule has 144 valence electrons. The number of benzene rings is 2. The average molecular weight is 416 g/mol. The van der Waals surface area contributed by atoms with Crippen LogP contribution >= 0.6 is 23.4 Å². The minimum Gasteiger partial charge on any atom is -0.335 e. The van der Waals surface area contributed by atoms with Crippen LogP contribution in [0.2, 0.25) is 5.02 Å². The molecule has 1 amide bonds. The normalized spacial score (nSPS) is 11.8. The lowest BCUT2D eigenvalue weighted by Gasteiger charge is -2.12. The lowest BCUT2D eigenvalue weighted by molar-refractivity contribution is -0.115. The molecule has 0 saturated carbocycles. The molecule has 1 heterocycles. The number of carbonyl (C=O) groups excluding carboxylic acids is 2. The summed E-state index contributed by atoms with van der Waals surface area (Å²) >= 11 is 7.10. The molecule has 0 spiro atoms. The number of anilines is 1. The number of hydrogen-bond acceptors (Lipinski definition) is 6. The Morgan fingerprint density at radius 2 is 1.75 bits per heavy atom. The molecule has 0 radical (unpaired) electrons. The number of nitrogen functional groups attached to an aromatic ring is 1. The average Bonchev–Trinajstić information content (AvgIpc) is 3.03. The number of nitrogens with zero attached hydrogens (tertiary/aromatic N) is 3. The molecular formula is C19H18ClN5O2S. The molecule has 3 rings (SSSR count). The first-order valence-corrected chi connectivity index (χ1v) is 9.66. The highest BCUT2D eigenvalue weighted by atomic mass is 35.5. The van der Waals surface area contributed by atoms with E-state index in [9.17, 15) is 9.59 Å². The number of aromatic nitrogens is 3. The van der Waals surface area contributed by atoms with Crippen molar-refractivity contribution in [2.75, 3.05) is 11.2 Å². The number of thioether (sulfide) groups is 1. The van der Waals surface area contributed by atoms with Crippen LogP contribution in [0.25, 0.3) is 11.4 Å². The van der Waals surface area contributed by atoms with Crippen molar-refractivity contribution in [3.05, 3.63) is 59.1 Å². The first-order valence-electron chi connectivity index (χ1n) is 8.40. The van der Waals surface area contributed by atoms with Crippen molar-refractivity contribution < 1.29 is 9.59 Å². The summed E-state index contributed by atoms with van der Waals surface area (Å²) in [4.78, 5) is 23.8. The van der Waals surface area contributed by atoms with E-state index in [-0.39, 0.29) is 11.7 Å². The van der Waals surface area contributed by atoms with Crippen LogP contribution in [0.4, 0.5) is 5.69 Å². The van der Waals surface area contributed by atoms with Gasteiger partial charge in [-0.1, -0.05) is 23.4 Å². The molecule has 28 heavy (non-hydrogen) atoms. The zero-order valence-electron chi connectivity index (χ0n) is 15.2. The van der Waals surface area contributed by atoms with Gasteiger partial charge in [-0.25, -0.2) is 4.68 Å². The number of hydrogen-bond donors (Lipinski definition) is 2. The zero-order valence-corrected chi connectivity index (χ0v) is 16.8. The van der Waals surface area contributed by atoms with Crippen molar-refractivity contribution in [1.82, 2.24) is 14.9 Å². The Morgan fingerprint density at radius 3 is 2.36 bits per heavy atom. The van der Waals surface area contributed by atoms with Crippen molar-refractivity contribution in [3.63, 3.8) is 0 Å². The summed E-state index contributed by atoms with van der Waals surface area (Å²) in [7, 11) is 0. The Labute approximate surface area is 171 Å². The molecule has 0 unspecified atom stereocenters. The third-order valence-corrected chi connectivity index (χ3v) is 5.29. The van der Waals surface area contributed by atoms with Crippen LogP contribution in [0.3, 0.4) is 0 Å². The van der Waals surface area contributed by atoms with Gasteiger partial charge in [0.25, 0.3) is 0 Å². The van der Waals surface area contributed by atoms with Crippen LogP contribution in [-0.4, -0.2) is 31.8 Å². The van der Waals surface area contributed by atoms with E-state index in [4.69, 9.17) is 17.4 Å². The van der Waals surface area contributed by atoms with E-state index in [1.807, 2.05) is 0 Å². The van der Waals surface area contributed by atoms with E-state index in [0.717, 1.165) is 5.56 Å². The molecule has 0 bridgehead atoms. The van der Waals surface area contributed by atoms with Gasteiger partial charge < -0.3 is 11.2 Å². The minimum absolute atomic E-state index is 0.0272. The topological polar surface area (TPSA) is 103 Å². The number of nitrogens with one attached hydrogen (secondary N) is 1. The Bertz CT molecular complexity index is 1000. The Kier molecular flexibility index (Phi) is 6.01. The van der Waals surface area contributed by atoms with Crippen molar-refractivity contribution >= 4 is 40.7 Å². The first kappa shape index (κ1) is 19.9. The van der Waals surface area contributed by atoms with Crippen LogP contribution in [0, 0.1) is 0 Å². The fourth-order valence-electron chi connectivity index (χ4n) is 2.40. The molecule has 1 atom stereocenters. The third kappa shape index (κ3) is 4.52. The fourth-order valence-corrected chi connectivity index (χ4v) is 3.29. The number of rotatable bonds is 6. The molecule has 1 aromatic heterocycles. The second-order valence-electron chi connectivity index (χ2n) is 6.07. The second kappa shape index (κ2) is 8.45. The molecule has 0 fully saturated rings. The molecule has 9 heteroatoms. The summed E-state index contributed by atoms with van der Waals surface area (Å²) in [5, 5.41) is 11.6. The maximum atomic E-state index is 12.4. The number of ketones is 1. The zero-order chi connectivity index (χ0) is 20.3. The maximum Gasteiger partial charge on any atom is 0.237 e. The molecule has 0 saturated heterocycles. The van der Waals surface area contributed by atoms with Gasteiger partial charge in [-0.2, -0.15) is 0 Å². The summed E-state index contributed by atoms with van der Waals surface area (Å²) in [5.74, 6) is 6.33. The number of Topliss-reactive ketones (excluding diaryl/α,β-unsaturated/α-hetero) is 1. The maximum absolute atomic E-state index is 12.4. The molecule has 0 aliphatic carbocycles. The van der Waals surface area contributed by atoms with E-state index in [2.05, 4.69) is 15.5 Å². The van der Waals surface area contributed by atoms with Gasteiger partial charge in [0.1, 0.15) is 0 Å². The second-order valence-corrected chi connectivity index (χ2v) is 7.81. The van der Waals surface area contributed by atoms with Crippen molar-refractivity contribution in [3.8, 4) is 11.4 Å². The first-order chi connectivity index (χ1) is 13.3. The van der Waals surface area contributed by atoms with Crippen LogP contribution in [0.5, 0.6) is 0 Å². The van der Waals surface area contributed by atoms with Crippen LogP contribution in [-0.2, 0) is 4.79 Å². The minimum atomic E-state index is -0.461. The Morgan fingerprint density at radius 1 is 1.11 bits per heavy atom. The van der Waals surface area contributed by atoms with Gasteiger partial charge in [0.05, 0.1) is 5.25 Å². The predicted octanol–water partition coefficient (Wildman–Crippen LogP) is 3.63. The summed E-state index contributed by atoms with van der Waals surface area (Å²) in [6.07, 6.45) is 0. The molecule has 3 aromatic rings. The highest BCUT2D eigenvalue weighted by Crippen LogP contribution is 2.26. The largest absolute Gasteiger partial charge is 0.335 e. The number of halogens is 1. The summed E-state index contributed by atoms with van der Waals surface area (Å²) in [6, 6.07) is 13.8. The molecule has 3 N–H and O–H groups in total. The molecular weight excluding hydrogens is 398 g/mol. The van der Waals surface area contributed by atoms with Gasteiger partial charge in [-0.3, -0.25) is 9.59 Å². The Balaban J connectivity index is 1.67. The monoisotopic (exact) mass is 415 g/mol. The molecule has 2 aromatic carbocycles. The van der Waals surface area contributed by atoms with Gasteiger partial charge >= 0.3 is 0 Å². The van der Waals surface area contributed by atoms with Gasteiger partial charge in [0, 0.05) is 21.8 Å². The quantitative estimate of drug-likeness (QED) is 0.362. The molecule has 0 aliphatic heterocycles. The van der Waals surface area contributed by atoms with Gasteiger partial charge in [-0.15, -0.1) is 10.2 Å². The van der Waals surface area contributed by atoms with Crippen LogP contribution in [0.1, 0.15) is 24.2 Å². The highest BCUT2D eigenvalue weighted by Gasteiger charge is 2.20. The Hall–Kier alpha value is -2.84. The van der Waals surface area contributed by atoms with Crippen molar-refractivity contribution in [2.24, 2.45) is 0 Å². The van der Waals surface area contributed by atoms with E-state index in [0.29, 0.717) is 27.3 Å². The van der Waals surface area contributed by atoms with E-state index < -0.39 is 5.25 Å².